The van der Waals surface area contributed by atoms with E-state index >= 15 is 0 Å². The number of aliphatic carboxylic acids is 1. The summed E-state index contributed by atoms with van der Waals surface area (Å²) in [6, 6.07) is 0. The smallest absolute Gasteiger partial charge is 0.327 e. The number of carboxylic acid groups (broad SMARTS) is 1. The molecule has 0 aliphatic heterocycles. The Kier molecular flexibility index (Phi) is 11.8. The van der Waals surface area contributed by atoms with Gasteiger partial charge in [0.05, 0.1) is 0 Å². The first-order chi connectivity index (χ1) is 5.00. The van der Waals surface area contributed by atoms with Crippen molar-refractivity contribution in [2.45, 2.75) is 18.9 Å². The molecule has 0 spiro atoms. The third-order valence-corrected chi connectivity index (χ3v) is 1.26. The van der Waals surface area contributed by atoms with Crippen LogP contribution in [0, 0.1) is 0 Å². The molecule has 5 N–H and O–H groups in total. The molecule has 0 aromatic rings. The molecule has 13 heavy (non-hydrogen) atoms. The molecule has 1 unspecified atom stereocenters. The van der Waals surface area contributed by atoms with E-state index in [2.05, 4.69) is 0 Å². The van der Waals surface area contributed by atoms with Crippen molar-refractivity contribution in [1.82, 2.24) is 0 Å². The van der Waals surface area contributed by atoms with Gasteiger partial charge < -0.3 is 16.6 Å². The summed E-state index contributed by atoms with van der Waals surface area (Å²) in [5.41, 5.74) is 9.30. The first-order valence-electron chi connectivity index (χ1n) is 3.40. The number of hydrogen-bond donors (Lipinski definition) is 3. The lowest BCUT2D eigenvalue weighted by Crippen LogP contribution is -2.42. The Balaban J connectivity index is -0.000000500. The highest BCUT2D eigenvalue weighted by atomic mass is 35.5. The maximum atomic E-state index is 10.4. The average Bonchev–Trinajstić information content (AvgIpc) is 1.88. The summed E-state index contributed by atoms with van der Waals surface area (Å²) in [4.78, 5) is 10.4. The van der Waals surface area contributed by atoms with Crippen LogP contribution in [0.2, 0.25) is 0 Å². The summed E-state index contributed by atoms with van der Waals surface area (Å²) in [5, 5.41) is 8.53. The largest absolute Gasteiger partial charge is 0.480 e. The van der Waals surface area contributed by atoms with Crippen LogP contribution in [0.3, 0.4) is 0 Å². The molecule has 80 valence electrons. The number of hydrogen-bond acceptors (Lipinski definition) is 3. The van der Waals surface area contributed by atoms with Gasteiger partial charge in [0, 0.05) is 0 Å². The average molecular weight is 231 g/mol. The minimum atomic E-state index is -1.27. The van der Waals surface area contributed by atoms with Gasteiger partial charge in [-0.05, 0) is 19.9 Å². The Morgan fingerprint density at radius 3 is 2.31 bits per heavy atom. The van der Waals surface area contributed by atoms with E-state index in [1.54, 1.807) is 6.08 Å². The molecule has 0 saturated carbocycles. The lowest BCUT2D eigenvalue weighted by atomic mass is 10.0. The van der Waals surface area contributed by atoms with Crippen molar-refractivity contribution < 1.29 is 9.90 Å². The normalized spacial score (nSPS) is 14.1. The second-order valence-corrected chi connectivity index (χ2v) is 2.57. The molecule has 0 saturated heterocycles. The van der Waals surface area contributed by atoms with Crippen LogP contribution in [0.25, 0.3) is 0 Å². The van der Waals surface area contributed by atoms with Crippen LogP contribution in [0.15, 0.2) is 12.2 Å². The van der Waals surface area contributed by atoms with Gasteiger partial charge in [-0.25, -0.2) is 4.79 Å². The van der Waals surface area contributed by atoms with Crippen molar-refractivity contribution in [3.8, 4) is 0 Å². The van der Waals surface area contributed by atoms with Crippen LogP contribution in [0.5, 0.6) is 0 Å². The van der Waals surface area contributed by atoms with E-state index in [1.165, 1.54) is 13.0 Å². The first-order valence-corrected chi connectivity index (χ1v) is 3.40. The van der Waals surface area contributed by atoms with Crippen molar-refractivity contribution in [3.05, 3.63) is 12.2 Å². The zero-order chi connectivity index (χ0) is 8.91. The Morgan fingerprint density at radius 1 is 1.54 bits per heavy atom. The van der Waals surface area contributed by atoms with Gasteiger partial charge in [-0.2, -0.15) is 0 Å². The third kappa shape index (κ3) is 8.05. The van der Waals surface area contributed by atoms with Crippen molar-refractivity contribution in [1.29, 1.82) is 0 Å². The number of carboxylic acids is 1. The Bertz CT molecular complexity index is 172. The second kappa shape index (κ2) is 8.31. The topological polar surface area (TPSA) is 89.3 Å². The van der Waals surface area contributed by atoms with E-state index < -0.39 is 11.5 Å². The maximum absolute atomic E-state index is 10.4. The summed E-state index contributed by atoms with van der Waals surface area (Å²) in [6.45, 7) is 1.94. The molecule has 0 bridgehead atoms. The fourth-order valence-corrected chi connectivity index (χ4v) is 0.496. The van der Waals surface area contributed by atoms with Gasteiger partial charge in [0.25, 0.3) is 0 Å². The molecular formula is C7H16Cl2N2O2. The van der Waals surface area contributed by atoms with Crippen molar-refractivity contribution in [2.24, 2.45) is 11.5 Å². The van der Waals surface area contributed by atoms with Crippen molar-refractivity contribution >= 4 is 30.8 Å². The monoisotopic (exact) mass is 230 g/mol. The molecule has 0 aromatic carbocycles. The van der Waals surface area contributed by atoms with Crippen LogP contribution in [0.4, 0.5) is 0 Å². The van der Waals surface area contributed by atoms with Gasteiger partial charge in [-0.1, -0.05) is 12.2 Å². The van der Waals surface area contributed by atoms with Crippen LogP contribution < -0.4 is 11.5 Å². The van der Waals surface area contributed by atoms with Gasteiger partial charge in [-0.15, -0.1) is 24.8 Å². The maximum Gasteiger partial charge on any atom is 0.327 e. The molecule has 4 nitrogen and oxygen atoms in total. The molecular weight excluding hydrogens is 215 g/mol. The molecule has 0 rings (SSSR count). The number of nitrogens with two attached hydrogens (primary N) is 2. The van der Waals surface area contributed by atoms with Crippen LogP contribution in [-0.4, -0.2) is 23.2 Å². The fourth-order valence-electron chi connectivity index (χ4n) is 0.496. The lowest BCUT2D eigenvalue weighted by Gasteiger charge is -2.12. The molecule has 0 aliphatic carbocycles. The zero-order valence-electron chi connectivity index (χ0n) is 7.40. The third-order valence-electron chi connectivity index (χ3n) is 1.26. The van der Waals surface area contributed by atoms with E-state index in [0.717, 1.165) is 0 Å². The highest BCUT2D eigenvalue weighted by molar-refractivity contribution is 5.85. The Morgan fingerprint density at radius 2 is 2.00 bits per heavy atom. The van der Waals surface area contributed by atoms with Gasteiger partial charge in [0.15, 0.2) is 0 Å². The van der Waals surface area contributed by atoms with Gasteiger partial charge in [0.1, 0.15) is 5.54 Å². The Hall–Kier alpha value is -0.290. The van der Waals surface area contributed by atoms with E-state index in [9.17, 15) is 4.79 Å². The highest BCUT2D eigenvalue weighted by Crippen LogP contribution is 2.01. The first kappa shape index (κ1) is 18.5. The number of carbonyl (C=O) groups is 1. The minimum Gasteiger partial charge on any atom is -0.480 e. The number of rotatable bonds is 4. The zero-order valence-corrected chi connectivity index (χ0v) is 9.03. The molecule has 0 fully saturated rings. The summed E-state index contributed by atoms with van der Waals surface area (Å²) < 4.78 is 0. The standard InChI is InChI=1S/C7H14N2O2.2ClH/c1-7(9,6(10)11)4-2-3-5-8;;/h2,4H,3,5,8-9H2,1H3,(H,10,11);2*1H. The predicted octanol–water partition coefficient (Wildman–Crippen LogP) is 0.537. The number of halogens is 2. The Labute approximate surface area is 90.2 Å². The summed E-state index contributed by atoms with van der Waals surface area (Å²) in [6.07, 6.45) is 3.77. The second-order valence-electron chi connectivity index (χ2n) is 2.57. The molecule has 1 atom stereocenters. The van der Waals surface area contributed by atoms with Crippen LogP contribution in [0.1, 0.15) is 13.3 Å². The van der Waals surface area contributed by atoms with Crippen LogP contribution >= 0.6 is 24.8 Å². The molecule has 6 heteroatoms. The van der Waals surface area contributed by atoms with Crippen LogP contribution in [-0.2, 0) is 4.79 Å². The predicted molar refractivity (Wildman–Crippen MR) is 57.5 cm³/mol. The summed E-state index contributed by atoms with van der Waals surface area (Å²) >= 11 is 0. The van der Waals surface area contributed by atoms with Crippen molar-refractivity contribution in [2.75, 3.05) is 6.54 Å². The SMILES string of the molecule is CC(N)(C=CCCN)C(=O)O.Cl.Cl. The van der Waals surface area contributed by atoms with Crippen molar-refractivity contribution in [3.63, 3.8) is 0 Å². The van der Waals surface area contributed by atoms with Gasteiger partial charge in [-0.3, -0.25) is 0 Å². The van der Waals surface area contributed by atoms with E-state index in [1.807, 2.05) is 0 Å². The quantitative estimate of drug-likeness (QED) is 0.616. The molecule has 0 heterocycles. The summed E-state index contributed by atoms with van der Waals surface area (Å²) in [7, 11) is 0. The van der Waals surface area contributed by atoms with E-state index in [4.69, 9.17) is 16.6 Å². The minimum absolute atomic E-state index is 0. The molecule has 0 radical (unpaired) electrons. The summed E-state index contributed by atoms with van der Waals surface area (Å²) in [5.74, 6) is -1.04. The fraction of sp³-hybridized carbons (Fsp3) is 0.571. The van der Waals surface area contributed by atoms with Gasteiger partial charge >= 0.3 is 5.97 Å². The van der Waals surface area contributed by atoms with E-state index in [0.29, 0.717) is 13.0 Å². The molecule has 0 amide bonds. The lowest BCUT2D eigenvalue weighted by molar-refractivity contribution is -0.140. The molecule has 0 aliphatic rings. The van der Waals surface area contributed by atoms with E-state index in [-0.39, 0.29) is 24.8 Å². The highest BCUT2D eigenvalue weighted by Gasteiger charge is 2.23. The van der Waals surface area contributed by atoms with Gasteiger partial charge in [0.2, 0.25) is 0 Å². The molecule has 0 aromatic heterocycles.